The van der Waals surface area contributed by atoms with Gasteiger partial charge in [-0.05, 0) is 50.6 Å². The summed E-state index contributed by atoms with van der Waals surface area (Å²) in [5.74, 6) is -1.35. The van der Waals surface area contributed by atoms with Gasteiger partial charge >= 0.3 is 5.97 Å². The molecule has 0 saturated heterocycles. The molecule has 0 saturated carbocycles. The van der Waals surface area contributed by atoms with Gasteiger partial charge in [0.05, 0.1) is 11.3 Å². The predicted molar refractivity (Wildman–Crippen MR) is 118 cm³/mol. The Morgan fingerprint density at radius 2 is 1.87 bits per heavy atom. The molecule has 0 atom stereocenters. The molecule has 0 fully saturated rings. The number of likely N-dealkylation sites (N-methyl/N-ethyl adjacent to an activating group) is 1. The number of thioether (sulfide) groups is 1. The van der Waals surface area contributed by atoms with E-state index in [0.717, 1.165) is 0 Å². The van der Waals surface area contributed by atoms with Gasteiger partial charge in [0.2, 0.25) is 5.91 Å². The number of halogens is 1. The van der Waals surface area contributed by atoms with Crippen LogP contribution in [0.2, 0.25) is 0 Å². The van der Waals surface area contributed by atoms with E-state index in [1.807, 2.05) is 13.8 Å². The Morgan fingerprint density at radius 1 is 1.13 bits per heavy atom. The van der Waals surface area contributed by atoms with E-state index in [-0.39, 0.29) is 36.0 Å². The SMILES string of the molecule is CCN(Cc1cccc(F)c1)C(=O)COC(=O)c1ccccc1SCC(=O)NC(C)C. The zero-order valence-electron chi connectivity index (χ0n) is 17.9. The van der Waals surface area contributed by atoms with Crippen LogP contribution in [0.25, 0.3) is 0 Å². The quantitative estimate of drug-likeness (QED) is 0.445. The number of esters is 1. The lowest BCUT2D eigenvalue weighted by Gasteiger charge is -2.21. The lowest BCUT2D eigenvalue weighted by molar-refractivity contribution is -0.135. The van der Waals surface area contributed by atoms with Gasteiger partial charge in [0, 0.05) is 24.0 Å². The van der Waals surface area contributed by atoms with Gasteiger partial charge in [-0.3, -0.25) is 9.59 Å². The van der Waals surface area contributed by atoms with Gasteiger partial charge in [-0.25, -0.2) is 9.18 Å². The van der Waals surface area contributed by atoms with Crippen molar-refractivity contribution in [3.63, 3.8) is 0 Å². The van der Waals surface area contributed by atoms with Gasteiger partial charge in [0.15, 0.2) is 6.61 Å². The minimum atomic E-state index is -0.637. The molecule has 0 heterocycles. The molecule has 0 spiro atoms. The molecule has 0 unspecified atom stereocenters. The fourth-order valence-corrected chi connectivity index (χ4v) is 3.65. The maximum atomic E-state index is 13.4. The van der Waals surface area contributed by atoms with Crippen molar-refractivity contribution in [1.82, 2.24) is 10.2 Å². The van der Waals surface area contributed by atoms with Crippen molar-refractivity contribution in [3.8, 4) is 0 Å². The molecular formula is C23H27FN2O4S. The highest BCUT2D eigenvalue weighted by molar-refractivity contribution is 8.00. The zero-order chi connectivity index (χ0) is 22.8. The Kier molecular flexibility index (Phi) is 9.52. The van der Waals surface area contributed by atoms with Crippen LogP contribution in [0.4, 0.5) is 4.39 Å². The summed E-state index contributed by atoms with van der Waals surface area (Å²) in [5.41, 5.74) is 0.953. The lowest BCUT2D eigenvalue weighted by atomic mass is 10.2. The number of rotatable bonds is 10. The van der Waals surface area contributed by atoms with Gasteiger partial charge in [-0.1, -0.05) is 24.3 Å². The minimum absolute atomic E-state index is 0.0354. The normalized spacial score (nSPS) is 10.6. The van der Waals surface area contributed by atoms with E-state index in [9.17, 15) is 18.8 Å². The summed E-state index contributed by atoms with van der Waals surface area (Å²) in [6.45, 7) is 5.74. The average Bonchev–Trinajstić information content (AvgIpc) is 2.74. The second-order valence-electron chi connectivity index (χ2n) is 7.12. The van der Waals surface area contributed by atoms with Crippen molar-refractivity contribution in [2.45, 2.75) is 38.3 Å². The molecule has 0 aliphatic rings. The summed E-state index contributed by atoms with van der Waals surface area (Å²) in [6.07, 6.45) is 0. The summed E-state index contributed by atoms with van der Waals surface area (Å²) in [5, 5.41) is 2.79. The Balaban J connectivity index is 1.95. The monoisotopic (exact) mass is 446 g/mol. The molecule has 6 nitrogen and oxygen atoms in total. The molecule has 2 amide bonds. The van der Waals surface area contributed by atoms with E-state index < -0.39 is 12.6 Å². The molecule has 0 aliphatic heterocycles. The Labute approximate surface area is 186 Å². The summed E-state index contributed by atoms with van der Waals surface area (Å²) in [4.78, 5) is 39.0. The molecular weight excluding hydrogens is 419 g/mol. The van der Waals surface area contributed by atoms with Crippen LogP contribution in [-0.2, 0) is 20.9 Å². The van der Waals surface area contributed by atoms with Gasteiger partial charge in [-0.15, -0.1) is 11.8 Å². The zero-order valence-corrected chi connectivity index (χ0v) is 18.7. The summed E-state index contributed by atoms with van der Waals surface area (Å²) < 4.78 is 18.6. The molecule has 0 aliphatic carbocycles. The van der Waals surface area contributed by atoms with E-state index in [1.54, 1.807) is 43.3 Å². The Hall–Kier alpha value is -2.87. The van der Waals surface area contributed by atoms with Crippen LogP contribution in [0.5, 0.6) is 0 Å². The van der Waals surface area contributed by atoms with Crippen LogP contribution in [0.1, 0.15) is 36.7 Å². The van der Waals surface area contributed by atoms with Crippen LogP contribution in [0, 0.1) is 5.82 Å². The molecule has 0 bridgehead atoms. The first-order chi connectivity index (χ1) is 14.8. The Morgan fingerprint density at radius 3 is 2.55 bits per heavy atom. The highest BCUT2D eigenvalue weighted by atomic mass is 32.2. The van der Waals surface area contributed by atoms with Gasteiger partial charge < -0.3 is 15.0 Å². The number of nitrogens with zero attached hydrogens (tertiary/aromatic N) is 1. The van der Waals surface area contributed by atoms with Crippen molar-refractivity contribution in [1.29, 1.82) is 0 Å². The first-order valence-corrected chi connectivity index (χ1v) is 11.0. The largest absolute Gasteiger partial charge is 0.452 e. The van der Waals surface area contributed by atoms with Crippen molar-refractivity contribution >= 4 is 29.5 Å². The number of amides is 2. The number of carbonyl (C=O) groups is 3. The average molecular weight is 447 g/mol. The van der Waals surface area contributed by atoms with Crippen LogP contribution in [-0.4, -0.2) is 47.6 Å². The van der Waals surface area contributed by atoms with E-state index in [2.05, 4.69) is 5.32 Å². The number of carbonyl (C=O) groups excluding carboxylic acids is 3. The molecule has 2 rings (SSSR count). The topological polar surface area (TPSA) is 75.7 Å². The van der Waals surface area contributed by atoms with Crippen LogP contribution in [0.15, 0.2) is 53.4 Å². The predicted octanol–water partition coefficient (Wildman–Crippen LogP) is 3.65. The summed E-state index contributed by atoms with van der Waals surface area (Å²) in [6, 6.07) is 12.8. The fraction of sp³-hybridized carbons (Fsp3) is 0.348. The maximum Gasteiger partial charge on any atom is 0.339 e. The van der Waals surface area contributed by atoms with Crippen LogP contribution in [0.3, 0.4) is 0 Å². The second kappa shape index (κ2) is 12.1. The Bertz CT molecular complexity index is 920. The van der Waals surface area contributed by atoms with Crippen LogP contribution >= 0.6 is 11.8 Å². The first kappa shape index (κ1) is 24.4. The molecule has 0 aromatic heterocycles. The third kappa shape index (κ3) is 8.05. The van der Waals surface area contributed by atoms with Crippen LogP contribution < -0.4 is 5.32 Å². The lowest BCUT2D eigenvalue weighted by Crippen LogP contribution is -2.34. The van der Waals surface area contributed by atoms with Gasteiger partial charge in [-0.2, -0.15) is 0 Å². The van der Waals surface area contributed by atoms with E-state index in [0.29, 0.717) is 22.6 Å². The molecule has 31 heavy (non-hydrogen) atoms. The van der Waals surface area contributed by atoms with Gasteiger partial charge in [0.1, 0.15) is 5.82 Å². The highest BCUT2D eigenvalue weighted by Gasteiger charge is 2.18. The highest BCUT2D eigenvalue weighted by Crippen LogP contribution is 2.23. The van der Waals surface area contributed by atoms with E-state index >= 15 is 0 Å². The summed E-state index contributed by atoms with van der Waals surface area (Å²) >= 11 is 1.23. The van der Waals surface area contributed by atoms with Crippen molar-refractivity contribution < 1.29 is 23.5 Å². The van der Waals surface area contributed by atoms with Gasteiger partial charge in [0.25, 0.3) is 5.91 Å². The molecule has 0 radical (unpaired) electrons. The molecule has 1 N–H and O–H groups in total. The van der Waals surface area contributed by atoms with E-state index in [1.165, 1.54) is 28.8 Å². The number of hydrogen-bond donors (Lipinski definition) is 1. The molecule has 2 aromatic carbocycles. The molecule has 8 heteroatoms. The maximum absolute atomic E-state index is 13.4. The number of hydrogen-bond acceptors (Lipinski definition) is 5. The molecule has 2 aromatic rings. The number of benzene rings is 2. The van der Waals surface area contributed by atoms with Crippen molar-refractivity contribution in [2.24, 2.45) is 0 Å². The van der Waals surface area contributed by atoms with Crippen molar-refractivity contribution in [3.05, 3.63) is 65.5 Å². The van der Waals surface area contributed by atoms with Crippen molar-refractivity contribution in [2.75, 3.05) is 18.9 Å². The third-order valence-electron chi connectivity index (χ3n) is 4.24. The minimum Gasteiger partial charge on any atom is -0.452 e. The molecule has 166 valence electrons. The fourth-order valence-electron chi connectivity index (χ4n) is 2.80. The summed E-state index contributed by atoms with van der Waals surface area (Å²) in [7, 11) is 0. The second-order valence-corrected chi connectivity index (χ2v) is 8.14. The number of ether oxygens (including phenoxy) is 1. The third-order valence-corrected chi connectivity index (χ3v) is 5.31. The standard InChI is InChI=1S/C23H27FN2O4S/c1-4-26(13-17-8-7-9-18(24)12-17)22(28)14-30-23(29)19-10-5-6-11-20(19)31-15-21(27)25-16(2)3/h5-12,16H,4,13-15H2,1-3H3,(H,25,27). The smallest absolute Gasteiger partial charge is 0.339 e. The van der Waals surface area contributed by atoms with E-state index in [4.69, 9.17) is 4.74 Å². The number of nitrogens with one attached hydrogen (secondary N) is 1. The first-order valence-electron chi connectivity index (χ1n) is 10.0.